The van der Waals surface area contributed by atoms with Gasteiger partial charge >= 0.3 is 0 Å². The number of alkyl halides is 1. The summed E-state index contributed by atoms with van der Waals surface area (Å²) in [5.41, 5.74) is 1.82. The van der Waals surface area contributed by atoms with Gasteiger partial charge in [0.05, 0.1) is 0 Å². The minimum absolute atomic E-state index is 0.766. The molecule has 1 fully saturated rings. The van der Waals surface area contributed by atoms with Crippen molar-refractivity contribution >= 4 is 33.0 Å². The van der Waals surface area contributed by atoms with Crippen molar-refractivity contribution in [3.05, 3.63) is 24.3 Å². The molecule has 102 valence electrons. The van der Waals surface area contributed by atoms with E-state index in [2.05, 4.69) is 30.7 Å². The number of halogens is 1. The Hall–Kier alpha value is -1.07. The average molecular weight is 324 g/mol. The molecule has 1 aromatic carbocycles. The van der Waals surface area contributed by atoms with E-state index in [1.807, 2.05) is 24.3 Å². The Balaban J connectivity index is 1.74. The third-order valence-electron chi connectivity index (χ3n) is 3.54. The third kappa shape index (κ3) is 2.92. The number of nitrogens with zero attached hydrogens (tertiary/aromatic N) is 3. The van der Waals surface area contributed by atoms with E-state index >= 15 is 0 Å². The Kier molecular flexibility index (Phi) is 4.03. The molecule has 5 heteroatoms. The molecular formula is C14H18BrN3O. The molecule has 0 atom stereocenters. The van der Waals surface area contributed by atoms with E-state index in [1.54, 1.807) is 0 Å². The first-order chi connectivity index (χ1) is 9.36. The first-order valence-corrected chi connectivity index (χ1v) is 7.88. The predicted octanol–water partition coefficient (Wildman–Crippen LogP) is 2.73. The van der Waals surface area contributed by atoms with Gasteiger partial charge < -0.3 is 14.2 Å². The maximum Gasteiger partial charge on any atom is 0.298 e. The summed E-state index contributed by atoms with van der Waals surface area (Å²) in [6.07, 6.45) is 1.16. The molecule has 0 bridgehead atoms. The number of hydrogen-bond acceptors (Lipinski definition) is 4. The molecule has 1 saturated heterocycles. The van der Waals surface area contributed by atoms with Gasteiger partial charge in [-0.3, -0.25) is 0 Å². The van der Waals surface area contributed by atoms with Crippen LogP contribution >= 0.6 is 15.9 Å². The molecule has 0 amide bonds. The molecule has 0 N–H and O–H groups in total. The Morgan fingerprint density at radius 3 is 2.89 bits per heavy atom. The lowest BCUT2D eigenvalue weighted by atomic mass is 10.3. The summed E-state index contributed by atoms with van der Waals surface area (Å²) in [6, 6.07) is 8.71. The minimum atomic E-state index is 0.766. The van der Waals surface area contributed by atoms with Crippen LogP contribution in [0.15, 0.2) is 28.7 Å². The SMILES string of the molecule is BrCCN1CCCN(c2nc3ccccc3o2)CC1. The molecule has 2 heterocycles. The average Bonchev–Trinajstić information content (AvgIpc) is 2.72. The molecule has 4 nitrogen and oxygen atoms in total. The van der Waals surface area contributed by atoms with Crippen molar-refractivity contribution in [3.8, 4) is 0 Å². The summed E-state index contributed by atoms with van der Waals surface area (Å²) in [6.45, 7) is 5.35. The van der Waals surface area contributed by atoms with E-state index in [9.17, 15) is 0 Å². The molecule has 0 unspecified atom stereocenters. The van der Waals surface area contributed by atoms with Crippen molar-refractivity contribution < 1.29 is 4.42 Å². The molecule has 1 aliphatic heterocycles. The zero-order chi connectivity index (χ0) is 13.1. The van der Waals surface area contributed by atoms with E-state index < -0.39 is 0 Å². The second kappa shape index (κ2) is 5.92. The smallest absolute Gasteiger partial charge is 0.298 e. The number of para-hydroxylation sites is 2. The van der Waals surface area contributed by atoms with E-state index in [-0.39, 0.29) is 0 Å². The third-order valence-corrected chi connectivity index (χ3v) is 3.90. The molecule has 0 saturated carbocycles. The normalized spacial score (nSPS) is 17.8. The molecule has 2 aromatic rings. The van der Waals surface area contributed by atoms with Crippen LogP contribution in [0, 0.1) is 0 Å². The molecular weight excluding hydrogens is 306 g/mol. The number of aromatic nitrogens is 1. The highest BCUT2D eigenvalue weighted by atomic mass is 79.9. The second-order valence-electron chi connectivity index (χ2n) is 4.84. The summed E-state index contributed by atoms with van der Waals surface area (Å²) in [7, 11) is 0. The first kappa shape index (κ1) is 12.9. The lowest BCUT2D eigenvalue weighted by molar-refractivity contribution is 0.313. The molecule has 1 aromatic heterocycles. The van der Waals surface area contributed by atoms with Crippen molar-refractivity contribution in [2.75, 3.05) is 43.0 Å². The van der Waals surface area contributed by atoms with Crippen LogP contribution in [-0.4, -0.2) is 47.9 Å². The quantitative estimate of drug-likeness (QED) is 0.813. The van der Waals surface area contributed by atoms with E-state index in [0.29, 0.717) is 0 Å². The standard InChI is InChI=1S/C14H18BrN3O/c15-6-9-17-7-3-8-18(11-10-17)14-16-12-4-1-2-5-13(12)19-14/h1-2,4-5H,3,6-11H2. The Bertz CT molecular complexity index is 509. The maximum atomic E-state index is 5.85. The van der Waals surface area contributed by atoms with Gasteiger partial charge in [0, 0.05) is 31.5 Å². The van der Waals surface area contributed by atoms with Crippen molar-refractivity contribution in [2.24, 2.45) is 0 Å². The van der Waals surface area contributed by atoms with E-state index in [1.165, 1.54) is 0 Å². The van der Waals surface area contributed by atoms with E-state index in [4.69, 9.17) is 4.42 Å². The summed E-state index contributed by atoms with van der Waals surface area (Å²) in [4.78, 5) is 9.32. The minimum Gasteiger partial charge on any atom is -0.423 e. The Morgan fingerprint density at radius 1 is 1.16 bits per heavy atom. The van der Waals surface area contributed by atoms with Crippen LogP contribution in [0.4, 0.5) is 6.01 Å². The van der Waals surface area contributed by atoms with Gasteiger partial charge in [-0.2, -0.15) is 4.98 Å². The van der Waals surface area contributed by atoms with Gasteiger partial charge in [-0.05, 0) is 25.1 Å². The van der Waals surface area contributed by atoms with Gasteiger partial charge in [0.15, 0.2) is 5.58 Å². The zero-order valence-corrected chi connectivity index (χ0v) is 12.5. The number of benzene rings is 1. The van der Waals surface area contributed by atoms with Gasteiger partial charge in [-0.25, -0.2) is 0 Å². The van der Waals surface area contributed by atoms with Crippen LogP contribution in [0.25, 0.3) is 11.1 Å². The summed E-state index contributed by atoms with van der Waals surface area (Å²) in [5.74, 6) is 0. The first-order valence-electron chi connectivity index (χ1n) is 6.75. The van der Waals surface area contributed by atoms with Gasteiger partial charge in [-0.15, -0.1) is 0 Å². The van der Waals surface area contributed by atoms with Gasteiger partial charge in [0.2, 0.25) is 0 Å². The molecule has 3 rings (SSSR count). The Labute approximate surface area is 121 Å². The van der Waals surface area contributed by atoms with Crippen LogP contribution in [0.5, 0.6) is 0 Å². The number of fused-ring (bicyclic) bond motifs is 1. The fourth-order valence-electron chi connectivity index (χ4n) is 2.50. The van der Waals surface area contributed by atoms with Crippen molar-refractivity contribution in [2.45, 2.75) is 6.42 Å². The summed E-state index contributed by atoms with van der Waals surface area (Å²) < 4.78 is 5.85. The largest absolute Gasteiger partial charge is 0.423 e. The number of hydrogen-bond donors (Lipinski definition) is 0. The van der Waals surface area contributed by atoms with Crippen LogP contribution in [0.2, 0.25) is 0 Å². The summed E-state index contributed by atoms with van der Waals surface area (Å²) >= 11 is 3.51. The predicted molar refractivity (Wildman–Crippen MR) is 81.1 cm³/mol. The van der Waals surface area contributed by atoms with E-state index in [0.717, 1.165) is 61.6 Å². The number of rotatable bonds is 3. The van der Waals surface area contributed by atoms with Crippen molar-refractivity contribution in [3.63, 3.8) is 0 Å². The van der Waals surface area contributed by atoms with Crippen molar-refractivity contribution in [1.29, 1.82) is 0 Å². The number of anilines is 1. The zero-order valence-electron chi connectivity index (χ0n) is 10.9. The fourth-order valence-corrected chi connectivity index (χ4v) is 3.00. The highest BCUT2D eigenvalue weighted by Crippen LogP contribution is 2.22. The lowest BCUT2D eigenvalue weighted by Crippen LogP contribution is -2.31. The maximum absolute atomic E-state index is 5.85. The molecule has 0 aliphatic carbocycles. The second-order valence-corrected chi connectivity index (χ2v) is 5.63. The van der Waals surface area contributed by atoms with Crippen LogP contribution in [0.3, 0.4) is 0 Å². The van der Waals surface area contributed by atoms with Gasteiger partial charge in [0.1, 0.15) is 5.52 Å². The van der Waals surface area contributed by atoms with Crippen LogP contribution < -0.4 is 4.90 Å². The lowest BCUT2D eigenvalue weighted by Gasteiger charge is -2.19. The highest BCUT2D eigenvalue weighted by molar-refractivity contribution is 9.09. The Morgan fingerprint density at radius 2 is 2.05 bits per heavy atom. The van der Waals surface area contributed by atoms with Crippen LogP contribution in [-0.2, 0) is 0 Å². The molecule has 1 aliphatic rings. The van der Waals surface area contributed by atoms with Crippen LogP contribution in [0.1, 0.15) is 6.42 Å². The fraction of sp³-hybridized carbons (Fsp3) is 0.500. The van der Waals surface area contributed by atoms with Crippen molar-refractivity contribution in [1.82, 2.24) is 9.88 Å². The topological polar surface area (TPSA) is 32.5 Å². The molecule has 19 heavy (non-hydrogen) atoms. The van der Waals surface area contributed by atoms with Gasteiger partial charge in [0.25, 0.3) is 6.01 Å². The number of oxazole rings is 1. The highest BCUT2D eigenvalue weighted by Gasteiger charge is 2.18. The molecule has 0 spiro atoms. The van der Waals surface area contributed by atoms with Gasteiger partial charge in [-0.1, -0.05) is 28.1 Å². The molecule has 0 radical (unpaired) electrons. The monoisotopic (exact) mass is 323 g/mol. The summed E-state index contributed by atoms with van der Waals surface area (Å²) in [5, 5.41) is 1.04.